The van der Waals surface area contributed by atoms with Crippen LogP contribution in [0.3, 0.4) is 0 Å². The Morgan fingerprint density at radius 1 is 1.04 bits per heavy atom. The highest BCUT2D eigenvalue weighted by Crippen LogP contribution is 2.17. The maximum atomic E-state index is 10.9. The van der Waals surface area contributed by atoms with Gasteiger partial charge in [0.15, 0.2) is 0 Å². The Hall–Kier alpha value is -3.02. The van der Waals surface area contributed by atoms with Crippen LogP contribution in [0.25, 0.3) is 0 Å². The molecule has 0 bridgehead atoms. The second-order valence-electron chi connectivity index (χ2n) is 4.97. The van der Waals surface area contributed by atoms with Crippen LogP contribution in [0, 0.1) is 0 Å². The fourth-order valence-electron chi connectivity index (χ4n) is 2.13. The number of benzene rings is 2. The van der Waals surface area contributed by atoms with Gasteiger partial charge in [-0.2, -0.15) is 0 Å². The summed E-state index contributed by atoms with van der Waals surface area (Å²) in [7, 11) is 0. The highest BCUT2D eigenvalue weighted by molar-refractivity contribution is 5.98. The molecule has 0 spiro atoms. The molecule has 2 aromatic rings. The van der Waals surface area contributed by atoms with Crippen molar-refractivity contribution in [3.63, 3.8) is 0 Å². The lowest BCUT2D eigenvalue weighted by Crippen LogP contribution is -2.14. The highest BCUT2D eigenvalue weighted by atomic mass is 16.5. The molecule has 2 amide bonds. The van der Waals surface area contributed by atoms with Crippen molar-refractivity contribution in [3.8, 4) is 5.75 Å². The molecular weight excluding hydrogens is 354 g/mol. The number of aryl methyl sites for hydroxylation is 1. The zero-order valence-electron chi connectivity index (χ0n) is 17.7. The van der Waals surface area contributed by atoms with E-state index in [0.717, 1.165) is 31.0 Å². The number of anilines is 1. The van der Waals surface area contributed by atoms with Crippen LogP contribution in [0.5, 0.6) is 5.75 Å². The van der Waals surface area contributed by atoms with Crippen LogP contribution in [0.4, 0.5) is 5.69 Å². The van der Waals surface area contributed by atoms with Gasteiger partial charge in [-0.3, -0.25) is 9.59 Å². The van der Waals surface area contributed by atoms with Crippen molar-refractivity contribution in [1.82, 2.24) is 0 Å². The van der Waals surface area contributed by atoms with Crippen LogP contribution in [0.15, 0.2) is 48.5 Å². The average Bonchev–Trinajstić information content (AvgIpc) is 2.72. The van der Waals surface area contributed by atoms with E-state index in [-0.39, 0.29) is 6.41 Å². The van der Waals surface area contributed by atoms with E-state index in [0.29, 0.717) is 5.56 Å². The van der Waals surface area contributed by atoms with Gasteiger partial charge in [0.2, 0.25) is 6.41 Å². The largest absolute Gasteiger partial charge is 0.494 e. The number of carbonyl (C=O) groups is 2. The highest BCUT2D eigenvalue weighted by Gasteiger charge is 2.04. The van der Waals surface area contributed by atoms with E-state index in [9.17, 15) is 4.79 Å². The third kappa shape index (κ3) is 11.6. The quantitative estimate of drug-likeness (QED) is 0.649. The number of carbonyl (C=O) groups excluding carboxylic acids is 2. The summed E-state index contributed by atoms with van der Waals surface area (Å²) in [4.78, 5) is 19.5. The number of hydrogen-bond acceptors (Lipinski definition) is 4. The van der Waals surface area contributed by atoms with Gasteiger partial charge < -0.3 is 21.5 Å². The summed E-state index contributed by atoms with van der Waals surface area (Å²) in [5, 5.41) is 3.06. The van der Waals surface area contributed by atoms with E-state index < -0.39 is 5.91 Å². The molecule has 0 aliphatic heterocycles. The minimum absolute atomic E-state index is 0.250. The molecule has 0 fully saturated rings. The van der Waals surface area contributed by atoms with E-state index in [4.69, 9.17) is 15.3 Å². The Balaban J connectivity index is 0. The van der Waals surface area contributed by atoms with Gasteiger partial charge in [-0.1, -0.05) is 51.1 Å². The Morgan fingerprint density at radius 2 is 1.57 bits per heavy atom. The van der Waals surface area contributed by atoms with Crippen molar-refractivity contribution in [2.75, 3.05) is 18.5 Å². The fourth-order valence-corrected chi connectivity index (χ4v) is 2.13. The first-order valence-electron chi connectivity index (χ1n) is 9.54. The Labute approximate surface area is 169 Å². The molecule has 0 unspecified atom stereocenters. The number of amides is 2. The Morgan fingerprint density at radius 3 is 2.07 bits per heavy atom. The van der Waals surface area contributed by atoms with Gasteiger partial charge in [0, 0.05) is 12.2 Å². The number of nitrogens with two attached hydrogens (primary N) is 2. The molecule has 28 heavy (non-hydrogen) atoms. The minimum atomic E-state index is -0.397. The van der Waals surface area contributed by atoms with E-state index in [1.807, 2.05) is 58.0 Å². The van der Waals surface area contributed by atoms with Crippen molar-refractivity contribution in [1.29, 1.82) is 0 Å². The zero-order chi connectivity index (χ0) is 21.8. The first-order chi connectivity index (χ1) is 13.5. The summed E-state index contributed by atoms with van der Waals surface area (Å²) in [6.07, 6.45) is 1.29. The molecule has 5 N–H and O–H groups in total. The van der Waals surface area contributed by atoms with Crippen molar-refractivity contribution in [2.45, 2.75) is 41.0 Å². The van der Waals surface area contributed by atoms with E-state index in [1.54, 1.807) is 12.1 Å². The summed E-state index contributed by atoms with van der Waals surface area (Å²) in [6.45, 7) is 11.6. The third-order valence-corrected chi connectivity index (χ3v) is 3.21. The first-order valence-corrected chi connectivity index (χ1v) is 9.54. The number of primary amides is 2. The minimum Gasteiger partial charge on any atom is -0.494 e. The van der Waals surface area contributed by atoms with Gasteiger partial charge in [0.25, 0.3) is 5.91 Å². The van der Waals surface area contributed by atoms with E-state index in [2.05, 4.69) is 24.0 Å². The lowest BCUT2D eigenvalue weighted by Gasteiger charge is -2.06. The smallest absolute Gasteiger partial charge is 0.250 e. The molecule has 0 heterocycles. The fraction of sp³-hybridized carbons (Fsp3) is 0.364. The Bertz CT molecular complexity index is 661. The summed E-state index contributed by atoms with van der Waals surface area (Å²) < 4.78 is 5.43. The standard InChI is InChI=1S/C10H14O.C9H12N2O.C2H6.CH3NO/c1-3-9-7-5-6-8-10(9)11-4-2;1-2-11-8-6-4-3-5-7(8)9(10)12;1-2;2-1-3/h5-8H,3-4H2,1-2H3;3-6,11H,2H2,1H3,(H2,10,12);1-2H3;1H,(H2,2,3). The third-order valence-electron chi connectivity index (χ3n) is 3.21. The van der Waals surface area contributed by atoms with Crippen LogP contribution >= 0.6 is 0 Å². The molecular formula is C22H35N3O3. The van der Waals surface area contributed by atoms with Gasteiger partial charge in [-0.25, -0.2) is 0 Å². The lowest BCUT2D eigenvalue weighted by atomic mass is 10.1. The average molecular weight is 390 g/mol. The second kappa shape index (κ2) is 18.8. The number of hydrogen-bond donors (Lipinski definition) is 3. The number of para-hydroxylation sites is 2. The van der Waals surface area contributed by atoms with Gasteiger partial charge in [0.1, 0.15) is 5.75 Å². The molecule has 0 atom stereocenters. The summed E-state index contributed by atoms with van der Waals surface area (Å²) in [6, 6.07) is 15.4. The van der Waals surface area contributed by atoms with Crippen LogP contribution in [-0.2, 0) is 11.2 Å². The molecule has 0 aliphatic carbocycles. The second-order valence-corrected chi connectivity index (χ2v) is 4.97. The number of ether oxygens (including phenoxy) is 1. The first kappa shape index (κ1) is 27.2. The van der Waals surface area contributed by atoms with Crippen molar-refractivity contribution in [3.05, 3.63) is 59.7 Å². The van der Waals surface area contributed by atoms with E-state index >= 15 is 0 Å². The molecule has 0 saturated carbocycles. The van der Waals surface area contributed by atoms with Gasteiger partial charge in [-0.15, -0.1) is 0 Å². The summed E-state index contributed by atoms with van der Waals surface area (Å²) in [5.41, 5.74) is 12.0. The maximum Gasteiger partial charge on any atom is 0.250 e. The lowest BCUT2D eigenvalue weighted by molar-refractivity contribution is -0.106. The monoisotopic (exact) mass is 389 g/mol. The topological polar surface area (TPSA) is 107 Å². The molecule has 0 radical (unpaired) electrons. The predicted molar refractivity (Wildman–Crippen MR) is 118 cm³/mol. The van der Waals surface area contributed by atoms with Crippen LogP contribution < -0.4 is 21.5 Å². The van der Waals surface area contributed by atoms with Crippen molar-refractivity contribution >= 4 is 18.0 Å². The molecule has 2 rings (SSSR count). The molecule has 0 saturated heterocycles. The van der Waals surface area contributed by atoms with Gasteiger partial charge in [0.05, 0.1) is 12.2 Å². The molecule has 0 aromatic heterocycles. The molecule has 2 aromatic carbocycles. The van der Waals surface area contributed by atoms with Crippen molar-refractivity contribution < 1.29 is 14.3 Å². The number of nitrogens with one attached hydrogen (secondary N) is 1. The van der Waals surface area contributed by atoms with Crippen LogP contribution in [0.2, 0.25) is 0 Å². The molecule has 6 nitrogen and oxygen atoms in total. The predicted octanol–water partition coefficient (Wildman–Crippen LogP) is 3.99. The summed E-state index contributed by atoms with van der Waals surface area (Å²) in [5.74, 6) is 0.629. The SMILES string of the molecule is CC.CCNc1ccccc1C(N)=O.CCOc1ccccc1CC.NC=O. The number of rotatable bonds is 6. The Kier molecular flexibility index (Phi) is 18.2. The van der Waals surface area contributed by atoms with E-state index in [1.165, 1.54) is 5.56 Å². The van der Waals surface area contributed by atoms with Crippen molar-refractivity contribution in [2.24, 2.45) is 11.5 Å². The van der Waals surface area contributed by atoms with Gasteiger partial charge in [-0.05, 0) is 44.0 Å². The normalized spacial score (nSPS) is 8.46. The zero-order valence-corrected chi connectivity index (χ0v) is 17.7. The molecule has 0 aliphatic rings. The van der Waals surface area contributed by atoms with Gasteiger partial charge >= 0.3 is 0 Å². The molecule has 6 heteroatoms. The molecule has 156 valence electrons. The van der Waals surface area contributed by atoms with Crippen LogP contribution in [0.1, 0.15) is 50.5 Å². The maximum absolute atomic E-state index is 10.9. The van der Waals surface area contributed by atoms with Crippen LogP contribution in [-0.4, -0.2) is 25.5 Å². The summed E-state index contributed by atoms with van der Waals surface area (Å²) >= 11 is 0.